The zero-order valence-electron chi connectivity index (χ0n) is 9.91. The highest BCUT2D eigenvalue weighted by Crippen LogP contribution is 2.24. The molecule has 4 nitrogen and oxygen atoms in total. The van der Waals surface area contributed by atoms with Crippen LogP contribution in [0.5, 0.6) is 5.75 Å². The third-order valence-corrected chi connectivity index (χ3v) is 2.10. The molecular weight excluding hydrogens is 246 g/mol. The van der Waals surface area contributed by atoms with Gasteiger partial charge in [-0.1, -0.05) is 0 Å². The van der Waals surface area contributed by atoms with E-state index in [1.807, 2.05) is 0 Å². The Morgan fingerprint density at radius 1 is 1.33 bits per heavy atom. The van der Waals surface area contributed by atoms with Crippen LogP contribution >= 0.6 is 0 Å². The van der Waals surface area contributed by atoms with Gasteiger partial charge in [0.25, 0.3) is 0 Å². The van der Waals surface area contributed by atoms with Crippen LogP contribution in [0.2, 0.25) is 0 Å². The maximum Gasteiger partial charge on any atom is 0.302 e. The summed E-state index contributed by atoms with van der Waals surface area (Å²) in [5.41, 5.74) is 0.0417. The highest BCUT2D eigenvalue weighted by atomic mass is 19.1. The summed E-state index contributed by atoms with van der Waals surface area (Å²) in [5.74, 6) is -2.23. The molecule has 0 radical (unpaired) electrons. The van der Waals surface area contributed by atoms with E-state index < -0.39 is 24.2 Å². The molecule has 0 saturated heterocycles. The highest BCUT2D eigenvalue weighted by molar-refractivity contribution is 5.65. The Morgan fingerprint density at radius 2 is 2.06 bits per heavy atom. The molecule has 0 fully saturated rings. The van der Waals surface area contributed by atoms with Crippen molar-refractivity contribution in [1.29, 1.82) is 0 Å². The lowest BCUT2D eigenvalue weighted by Gasteiger charge is -2.11. The summed E-state index contributed by atoms with van der Waals surface area (Å²) in [6.45, 7) is 1.02. The van der Waals surface area contributed by atoms with Crippen molar-refractivity contribution in [2.24, 2.45) is 0 Å². The molecule has 0 spiro atoms. The molecule has 1 aromatic carbocycles. The third kappa shape index (κ3) is 4.29. The molecule has 0 atom stereocenters. The van der Waals surface area contributed by atoms with E-state index >= 15 is 0 Å². The number of carbonyl (C=O) groups is 1. The molecular formula is C12H14F2O4. The molecule has 1 aromatic rings. The molecule has 0 aliphatic heterocycles. The van der Waals surface area contributed by atoms with E-state index in [2.05, 4.69) is 4.74 Å². The van der Waals surface area contributed by atoms with Crippen molar-refractivity contribution < 1.29 is 28.2 Å². The monoisotopic (exact) mass is 260 g/mol. The fourth-order valence-corrected chi connectivity index (χ4v) is 1.34. The molecule has 0 bridgehead atoms. The van der Waals surface area contributed by atoms with Crippen LogP contribution in [0.1, 0.15) is 18.9 Å². The molecule has 1 N–H and O–H groups in total. The van der Waals surface area contributed by atoms with Gasteiger partial charge in [-0.05, 0) is 6.07 Å². The first-order valence-corrected chi connectivity index (χ1v) is 5.39. The maximum absolute atomic E-state index is 13.4. The molecule has 18 heavy (non-hydrogen) atoms. The summed E-state index contributed by atoms with van der Waals surface area (Å²) in [6, 6.07) is 1.69. The van der Waals surface area contributed by atoms with E-state index in [-0.39, 0.29) is 24.5 Å². The van der Waals surface area contributed by atoms with E-state index in [1.54, 1.807) is 0 Å². The zero-order chi connectivity index (χ0) is 13.5. The lowest BCUT2D eigenvalue weighted by molar-refractivity contribution is -0.141. The number of carbonyl (C=O) groups excluding carboxylic acids is 1. The number of benzene rings is 1. The summed E-state index contributed by atoms with van der Waals surface area (Å²) < 4.78 is 36.0. The van der Waals surface area contributed by atoms with Gasteiger partial charge in [0.2, 0.25) is 0 Å². The Labute approximate surface area is 103 Å². The number of esters is 1. The first-order valence-electron chi connectivity index (χ1n) is 5.39. The SMILES string of the molecule is CC(=O)OCCCOc1c(F)cc(F)cc1CO. The molecule has 1 rings (SSSR count). The lowest BCUT2D eigenvalue weighted by atomic mass is 10.2. The quantitative estimate of drug-likeness (QED) is 0.626. The average molecular weight is 260 g/mol. The Balaban J connectivity index is 2.53. The van der Waals surface area contributed by atoms with Crippen molar-refractivity contribution in [3.8, 4) is 5.75 Å². The number of hydrogen-bond acceptors (Lipinski definition) is 4. The molecule has 0 aromatic heterocycles. The van der Waals surface area contributed by atoms with Crippen LogP contribution in [0, 0.1) is 11.6 Å². The minimum absolute atomic E-state index is 0.0417. The number of hydrogen-bond donors (Lipinski definition) is 1. The fourth-order valence-electron chi connectivity index (χ4n) is 1.34. The summed E-state index contributed by atoms with van der Waals surface area (Å²) >= 11 is 0. The molecule has 0 aliphatic rings. The zero-order valence-corrected chi connectivity index (χ0v) is 9.91. The largest absolute Gasteiger partial charge is 0.490 e. The molecule has 0 aliphatic carbocycles. The topological polar surface area (TPSA) is 55.8 Å². The third-order valence-electron chi connectivity index (χ3n) is 2.10. The van der Waals surface area contributed by atoms with Gasteiger partial charge in [-0.25, -0.2) is 8.78 Å². The normalized spacial score (nSPS) is 10.2. The van der Waals surface area contributed by atoms with E-state index in [9.17, 15) is 13.6 Å². The molecule has 0 amide bonds. The van der Waals surface area contributed by atoms with Gasteiger partial charge in [-0.15, -0.1) is 0 Å². The first kappa shape index (κ1) is 14.4. The second-order valence-electron chi connectivity index (χ2n) is 3.58. The molecule has 6 heteroatoms. The lowest BCUT2D eigenvalue weighted by Crippen LogP contribution is -2.08. The summed E-state index contributed by atoms with van der Waals surface area (Å²) in [5, 5.41) is 8.96. The molecule has 0 heterocycles. The summed E-state index contributed by atoms with van der Waals surface area (Å²) in [4.78, 5) is 10.5. The number of aliphatic hydroxyl groups excluding tert-OH is 1. The average Bonchev–Trinajstić information content (AvgIpc) is 2.30. The van der Waals surface area contributed by atoms with Gasteiger partial charge in [-0.2, -0.15) is 0 Å². The Bertz CT molecular complexity index is 421. The first-order chi connectivity index (χ1) is 8.54. The highest BCUT2D eigenvalue weighted by Gasteiger charge is 2.12. The second kappa shape index (κ2) is 6.90. The Hall–Kier alpha value is -1.69. The minimum atomic E-state index is -0.869. The van der Waals surface area contributed by atoms with Gasteiger partial charge in [0.1, 0.15) is 5.82 Å². The fraction of sp³-hybridized carbons (Fsp3) is 0.417. The summed E-state index contributed by atoms with van der Waals surface area (Å²) in [6.07, 6.45) is 0.376. The van der Waals surface area contributed by atoms with Crippen LogP contribution in [0.25, 0.3) is 0 Å². The number of ether oxygens (including phenoxy) is 2. The van der Waals surface area contributed by atoms with Crippen molar-refractivity contribution in [2.75, 3.05) is 13.2 Å². The van der Waals surface area contributed by atoms with Gasteiger partial charge >= 0.3 is 5.97 Å². The van der Waals surface area contributed by atoms with Crippen LogP contribution in [0.4, 0.5) is 8.78 Å². The van der Waals surface area contributed by atoms with Crippen LogP contribution in [0.3, 0.4) is 0 Å². The summed E-state index contributed by atoms with van der Waals surface area (Å²) in [7, 11) is 0. The van der Waals surface area contributed by atoms with E-state index in [0.29, 0.717) is 12.5 Å². The van der Waals surface area contributed by atoms with E-state index in [4.69, 9.17) is 9.84 Å². The Morgan fingerprint density at radius 3 is 2.67 bits per heavy atom. The second-order valence-corrected chi connectivity index (χ2v) is 3.58. The van der Waals surface area contributed by atoms with Crippen LogP contribution in [-0.4, -0.2) is 24.3 Å². The molecule has 100 valence electrons. The van der Waals surface area contributed by atoms with E-state index in [1.165, 1.54) is 6.92 Å². The smallest absolute Gasteiger partial charge is 0.302 e. The van der Waals surface area contributed by atoms with Crippen LogP contribution in [-0.2, 0) is 16.1 Å². The Kier molecular flexibility index (Phi) is 5.51. The van der Waals surface area contributed by atoms with Gasteiger partial charge in [-0.3, -0.25) is 4.79 Å². The van der Waals surface area contributed by atoms with Gasteiger partial charge in [0.05, 0.1) is 19.8 Å². The van der Waals surface area contributed by atoms with Crippen molar-refractivity contribution in [1.82, 2.24) is 0 Å². The molecule has 0 unspecified atom stereocenters. The molecule has 0 saturated carbocycles. The van der Waals surface area contributed by atoms with Gasteiger partial charge in [0.15, 0.2) is 11.6 Å². The number of aliphatic hydroxyl groups is 1. The minimum Gasteiger partial charge on any atom is -0.490 e. The van der Waals surface area contributed by atoms with Crippen molar-refractivity contribution in [2.45, 2.75) is 20.0 Å². The maximum atomic E-state index is 13.4. The predicted molar refractivity (Wildman–Crippen MR) is 59.0 cm³/mol. The number of rotatable bonds is 6. The van der Waals surface area contributed by atoms with Crippen LogP contribution < -0.4 is 4.74 Å². The van der Waals surface area contributed by atoms with Crippen molar-refractivity contribution >= 4 is 5.97 Å². The van der Waals surface area contributed by atoms with Crippen LogP contribution in [0.15, 0.2) is 12.1 Å². The number of halogens is 2. The van der Waals surface area contributed by atoms with Gasteiger partial charge in [0, 0.05) is 25.0 Å². The van der Waals surface area contributed by atoms with E-state index in [0.717, 1.165) is 6.07 Å². The predicted octanol–water partition coefficient (Wildman–Crippen LogP) is 1.79. The van der Waals surface area contributed by atoms with Gasteiger partial charge < -0.3 is 14.6 Å². The van der Waals surface area contributed by atoms with Crippen molar-refractivity contribution in [3.05, 3.63) is 29.3 Å². The standard InChI is InChI=1S/C12H14F2O4/c1-8(16)17-3-2-4-18-12-9(7-15)5-10(13)6-11(12)14/h5-6,15H,2-4,7H2,1H3. The van der Waals surface area contributed by atoms with Crippen molar-refractivity contribution in [3.63, 3.8) is 0 Å².